The van der Waals surface area contributed by atoms with E-state index in [2.05, 4.69) is 15.6 Å². The molecular formula is C36H46N8O7. The molecular weight excluding hydrogens is 656 g/mol. The number of ether oxygens (including phenoxy) is 1. The first kappa shape index (κ1) is 36.0. The van der Waals surface area contributed by atoms with Gasteiger partial charge in [-0.3, -0.25) is 29.0 Å². The van der Waals surface area contributed by atoms with Crippen molar-refractivity contribution < 1.29 is 33.8 Å². The van der Waals surface area contributed by atoms with Crippen molar-refractivity contribution in [1.29, 1.82) is 0 Å². The number of benzene rings is 1. The van der Waals surface area contributed by atoms with Crippen LogP contribution >= 0.6 is 0 Å². The van der Waals surface area contributed by atoms with Crippen molar-refractivity contribution in [2.75, 3.05) is 19.8 Å². The lowest BCUT2D eigenvalue weighted by Crippen LogP contribution is -2.63. The van der Waals surface area contributed by atoms with E-state index in [9.17, 15) is 24.3 Å². The number of aliphatic hydroxyl groups is 1. The van der Waals surface area contributed by atoms with E-state index in [4.69, 9.17) is 21.2 Å². The average Bonchev–Trinajstić information content (AvgIpc) is 3.79. The second-order valence-electron chi connectivity index (χ2n) is 14.7. The Morgan fingerprint density at radius 3 is 2.45 bits per heavy atom. The highest BCUT2D eigenvalue weighted by Crippen LogP contribution is 2.39. The molecule has 2 aliphatic heterocycles. The lowest BCUT2D eigenvalue weighted by molar-refractivity contribution is -0.147. The summed E-state index contributed by atoms with van der Waals surface area (Å²) >= 11 is 0. The van der Waals surface area contributed by atoms with E-state index in [1.165, 1.54) is 15.8 Å². The molecule has 15 heteroatoms. The summed E-state index contributed by atoms with van der Waals surface area (Å²) in [7, 11) is 0. The largest absolute Gasteiger partial charge is 0.384 e. The predicted molar refractivity (Wildman–Crippen MR) is 184 cm³/mol. The molecule has 2 aromatic heterocycles. The van der Waals surface area contributed by atoms with E-state index < -0.39 is 58.6 Å². The summed E-state index contributed by atoms with van der Waals surface area (Å²) in [5, 5.41) is 22.7. The van der Waals surface area contributed by atoms with E-state index in [-0.39, 0.29) is 56.2 Å². The normalized spacial score (nSPS) is 21.7. The van der Waals surface area contributed by atoms with Gasteiger partial charge in [0, 0.05) is 44.4 Å². The van der Waals surface area contributed by atoms with Gasteiger partial charge in [-0.1, -0.05) is 55.5 Å². The number of likely N-dealkylation sites (tertiary alicyclic amines) is 1. The predicted octanol–water partition coefficient (Wildman–Crippen LogP) is 1.77. The first-order valence-electron chi connectivity index (χ1n) is 17.7. The first-order chi connectivity index (χ1) is 24.3. The number of rotatable bonds is 11. The Hall–Kier alpha value is -4.76. The molecule has 3 aromatic rings. The Morgan fingerprint density at radius 1 is 1.08 bits per heavy atom. The van der Waals surface area contributed by atoms with Crippen LogP contribution in [-0.2, 0) is 29.5 Å². The van der Waals surface area contributed by atoms with Crippen molar-refractivity contribution in [2.45, 2.75) is 101 Å². The van der Waals surface area contributed by atoms with Gasteiger partial charge in [-0.05, 0) is 38.3 Å². The van der Waals surface area contributed by atoms with Gasteiger partial charge < -0.3 is 31.5 Å². The fourth-order valence-electron chi connectivity index (χ4n) is 8.00. The molecule has 0 unspecified atom stereocenters. The lowest BCUT2D eigenvalue weighted by atomic mass is 9.80. The van der Waals surface area contributed by atoms with Crippen LogP contribution in [0.1, 0.15) is 105 Å². The molecule has 1 aliphatic carbocycles. The Morgan fingerprint density at radius 2 is 1.78 bits per heavy atom. The topological polar surface area (TPSA) is 226 Å². The number of aromatic nitrogens is 4. The zero-order valence-electron chi connectivity index (χ0n) is 29.0. The number of nitrogens with one attached hydrogen (secondary N) is 1. The van der Waals surface area contributed by atoms with E-state index in [1.807, 2.05) is 18.2 Å². The number of fused-ring (bicyclic) bond motifs is 1. The summed E-state index contributed by atoms with van der Waals surface area (Å²) < 4.78 is 6.96. The van der Waals surface area contributed by atoms with Crippen LogP contribution in [0.25, 0.3) is 10.9 Å². The molecule has 6 rings (SSSR count). The van der Waals surface area contributed by atoms with Gasteiger partial charge in [0.25, 0.3) is 11.8 Å². The van der Waals surface area contributed by atoms with Crippen LogP contribution in [0.4, 0.5) is 0 Å². The molecule has 3 atom stereocenters. The zero-order valence-corrected chi connectivity index (χ0v) is 29.0. The summed E-state index contributed by atoms with van der Waals surface area (Å²) in [5.74, 6) is -4.67. The third-order valence-electron chi connectivity index (χ3n) is 10.7. The third kappa shape index (κ3) is 7.35. The fourth-order valence-corrected chi connectivity index (χ4v) is 8.00. The molecule has 4 heterocycles. The molecule has 15 nitrogen and oxygen atoms in total. The van der Waals surface area contributed by atoms with E-state index in [1.54, 1.807) is 26.0 Å². The number of amides is 4. The molecule has 4 amide bonds. The standard InChI is InChI=1S/C36H46N8O7/c1-35(2,50)28-19-39-42-44(28)23-18-27(33(48)41-36(30(45)32(38)47)12-14-51-15-13-36)43(20-23)34(49)25(16-21-8-4-3-5-9-21)29-24(31(37)46)17-22-10-6-7-11-26(22)40-29/h6-7,10-11,17,19,21,23,25,27,50H,3-5,8-9,12-16,18,20H2,1-2H3,(H2,37,46)(H2,38,47)(H,41,48)/t23-,25+,27-/m0/s1. The third-order valence-corrected chi connectivity index (χ3v) is 10.7. The highest BCUT2D eigenvalue weighted by atomic mass is 16.5. The Balaban J connectivity index is 1.43. The monoisotopic (exact) mass is 702 g/mol. The number of Topliss-reactive ketones (excluding diaryl/α,β-unsaturated/α-hetero) is 1. The summed E-state index contributed by atoms with van der Waals surface area (Å²) in [5.41, 5.74) is 9.80. The van der Waals surface area contributed by atoms with Crippen LogP contribution in [0.2, 0.25) is 0 Å². The van der Waals surface area contributed by atoms with Gasteiger partial charge in [0.1, 0.15) is 17.2 Å². The van der Waals surface area contributed by atoms with E-state index in [0.717, 1.165) is 32.1 Å². The number of nitrogens with zero attached hydrogens (tertiary/aromatic N) is 5. The van der Waals surface area contributed by atoms with Crippen molar-refractivity contribution >= 4 is 40.3 Å². The maximum atomic E-state index is 15.2. The molecule has 2 saturated heterocycles. The minimum Gasteiger partial charge on any atom is -0.384 e. The van der Waals surface area contributed by atoms with E-state index >= 15 is 4.79 Å². The second kappa shape index (κ2) is 14.5. The molecule has 3 aliphatic rings. The number of carbonyl (C=O) groups excluding carboxylic acids is 5. The zero-order chi connectivity index (χ0) is 36.5. The SMILES string of the molecule is CC(C)(O)c1cnnn1[C@H]1C[C@@H](C(=O)NC2(C(=O)C(N)=O)CCOCC2)N(C(=O)[C@H](CC2CCCCC2)c2nc3ccccc3cc2C(N)=O)C1. The Labute approximate surface area is 295 Å². The number of ketones is 1. The van der Waals surface area contributed by atoms with E-state index in [0.29, 0.717) is 23.0 Å². The van der Waals surface area contributed by atoms with Crippen LogP contribution in [-0.4, -0.2) is 90.7 Å². The summed E-state index contributed by atoms with van der Waals surface area (Å²) in [6.45, 7) is 3.42. The van der Waals surface area contributed by atoms with Crippen molar-refractivity contribution in [1.82, 2.24) is 30.2 Å². The number of nitrogens with two attached hydrogens (primary N) is 2. The number of primary amides is 2. The van der Waals surface area contributed by atoms with Gasteiger partial charge in [-0.15, -0.1) is 5.10 Å². The van der Waals surface area contributed by atoms with Crippen LogP contribution < -0.4 is 16.8 Å². The van der Waals surface area contributed by atoms with Crippen LogP contribution in [0.3, 0.4) is 0 Å². The fraction of sp³-hybridized carbons (Fsp3) is 0.556. The van der Waals surface area contributed by atoms with Gasteiger partial charge in [0.05, 0.1) is 40.6 Å². The average molecular weight is 703 g/mol. The highest BCUT2D eigenvalue weighted by Gasteiger charge is 2.50. The van der Waals surface area contributed by atoms with Crippen LogP contribution in [0.5, 0.6) is 0 Å². The van der Waals surface area contributed by atoms with Crippen molar-refractivity contribution in [3.63, 3.8) is 0 Å². The molecule has 1 saturated carbocycles. The van der Waals surface area contributed by atoms with Crippen molar-refractivity contribution in [2.24, 2.45) is 17.4 Å². The molecule has 6 N–H and O–H groups in total. The molecule has 51 heavy (non-hydrogen) atoms. The number of pyridine rings is 1. The summed E-state index contributed by atoms with van der Waals surface area (Å²) in [6.07, 6.45) is 6.89. The molecule has 0 bridgehead atoms. The minimum absolute atomic E-state index is 0.00386. The van der Waals surface area contributed by atoms with Gasteiger partial charge in [0.2, 0.25) is 17.6 Å². The number of carbonyl (C=O) groups is 5. The van der Waals surface area contributed by atoms with Gasteiger partial charge in [-0.2, -0.15) is 0 Å². The van der Waals surface area contributed by atoms with Crippen molar-refractivity contribution in [3.8, 4) is 0 Å². The van der Waals surface area contributed by atoms with Crippen LogP contribution in [0.15, 0.2) is 36.5 Å². The molecule has 1 aromatic carbocycles. The second-order valence-corrected chi connectivity index (χ2v) is 14.7. The van der Waals surface area contributed by atoms with Gasteiger partial charge in [0.15, 0.2) is 0 Å². The van der Waals surface area contributed by atoms with Crippen LogP contribution in [0, 0.1) is 5.92 Å². The minimum atomic E-state index is -1.60. The van der Waals surface area contributed by atoms with Gasteiger partial charge >= 0.3 is 0 Å². The highest BCUT2D eigenvalue weighted by molar-refractivity contribution is 6.39. The maximum absolute atomic E-state index is 15.2. The first-order valence-corrected chi connectivity index (χ1v) is 17.7. The summed E-state index contributed by atoms with van der Waals surface area (Å²) in [4.78, 5) is 74.2. The lowest BCUT2D eigenvalue weighted by Gasteiger charge is -2.37. The molecule has 272 valence electrons. The number of hydrogen-bond acceptors (Lipinski definition) is 10. The van der Waals surface area contributed by atoms with Crippen molar-refractivity contribution in [3.05, 3.63) is 53.5 Å². The smallest absolute Gasteiger partial charge is 0.287 e. The number of hydrogen-bond donors (Lipinski definition) is 4. The summed E-state index contributed by atoms with van der Waals surface area (Å²) in [6, 6.07) is 7.21. The molecule has 0 spiro atoms. The Kier molecular flexibility index (Phi) is 10.2. The molecule has 3 fully saturated rings. The maximum Gasteiger partial charge on any atom is 0.287 e. The molecule has 0 radical (unpaired) electrons. The quantitative estimate of drug-likeness (QED) is 0.212. The Bertz CT molecular complexity index is 1820. The van der Waals surface area contributed by atoms with Gasteiger partial charge in [-0.25, -0.2) is 4.68 Å². The number of para-hydroxylation sites is 1.